The van der Waals surface area contributed by atoms with E-state index in [0.717, 1.165) is 19.3 Å². The van der Waals surface area contributed by atoms with Crippen molar-refractivity contribution in [3.8, 4) is 0 Å². The van der Waals surface area contributed by atoms with Gasteiger partial charge in [-0.05, 0) is 31.6 Å². The predicted octanol–water partition coefficient (Wildman–Crippen LogP) is 2.11. The van der Waals surface area contributed by atoms with Crippen LogP contribution in [-0.2, 0) is 10.0 Å². The van der Waals surface area contributed by atoms with Crippen molar-refractivity contribution in [2.45, 2.75) is 44.9 Å². The van der Waals surface area contributed by atoms with E-state index in [2.05, 4.69) is 29.1 Å². The zero-order chi connectivity index (χ0) is 15.5. The van der Waals surface area contributed by atoms with Gasteiger partial charge in [0.2, 0.25) is 16.0 Å². The first kappa shape index (κ1) is 16.2. The van der Waals surface area contributed by atoms with Gasteiger partial charge in [-0.15, -0.1) is 0 Å². The van der Waals surface area contributed by atoms with Crippen LogP contribution in [0.3, 0.4) is 0 Å². The Morgan fingerprint density at radius 2 is 1.86 bits per heavy atom. The molecule has 0 bridgehead atoms. The third kappa shape index (κ3) is 3.18. The second-order valence-electron chi connectivity index (χ2n) is 5.57. The summed E-state index contributed by atoms with van der Waals surface area (Å²) in [4.78, 5) is 8.28. The summed E-state index contributed by atoms with van der Waals surface area (Å²) in [5.74, 6) is 0.453. The lowest BCUT2D eigenvalue weighted by Crippen LogP contribution is -2.32. The molecule has 0 amide bonds. The Hall–Kier alpha value is -1.21. The van der Waals surface area contributed by atoms with Crippen molar-refractivity contribution < 1.29 is 8.42 Å². The molecule has 0 aromatic carbocycles. The van der Waals surface area contributed by atoms with Gasteiger partial charge < -0.3 is 5.32 Å². The van der Waals surface area contributed by atoms with Gasteiger partial charge in [0.05, 0.1) is 12.4 Å². The average molecular weight is 312 g/mol. The number of nitrogens with zero attached hydrogens (tertiary/aromatic N) is 3. The monoisotopic (exact) mass is 312 g/mol. The Kier molecular flexibility index (Phi) is 4.83. The van der Waals surface area contributed by atoms with E-state index in [0.29, 0.717) is 25.6 Å². The van der Waals surface area contributed by atoms with E-state index in [1.165, 1.54) is 12.4 Å². The molecular weight excluding hydrogens is 288 g/mol. The first-order chi connectivity index (χ1) is 9.97. The Morgan fingerprint density at radius 1 is 1.24 bits per heavy atom. The maximum absolute atomic E-state index is 12.6. The fourth-order valence-electron chi connectivity index (χ4n) is 2.77. The number of anilines is 1. The standard InChI is InChI=1S/C14H24N4O2S/c1-4-14(5-2)7-8-18(11-14)21(19,20)12-9-16-13(15-6-3)17-10-12/h9-10H,4-8,11H2,1-3H3,(H,15,16,17). The topological polar surface area (TPSA) is 75.2 Å². The minimum atomic E-state index is -3.48. The molecule has 0 atom stereocenters. The number of rotatable bonds is 6. The van der Waals surface area contributed by atoms with Gasteiger partial charge in [0, 0.05) is 19.6 Å². The molecule has 1 N–H and O–H groups in total. The Morgan fingerprint density at radius 3 is 2.33 bits per heavy atom. The summed E-state index contributed by atoms with van der Waals surface area (Å²) in [6, 6.07) is 0. The fraction of sp³-hybridized carbons (Fsp3) is 0.714. The average Bonchev–Trinajstić information content (AvgIpc) is 2.94. The van der Waals surface area contributed by atoms with Crippen LogP contribution < -0.4 is 5.32 Å². The summed E-state index contributed by atoms with van der Waals surface area (Å²) < 4.78 is 26.9. The molecule has 2 heterocycles. The van der Waals surface area contributed by atoms with Gasteiger partial charge in [-0.2, -0.15) is 4.31 Å². The number of sulfonamides is 1. The molecule has 0 saturated carbocycles. The van der Waals surface area contributed by atoms with E-state index in [-0.39, 0.29) is 10.3 Å². The molecule has 118 valence electrons. The lowest BCUT2D eigenvalue weighted by atomic mass is 9.82. The second kappa shape index (κ2) is 6.27. The summed E-state index contributed by atoms with van der Waals surface area (Å²) >= 11 is 0. The summed E-state index contributed by atoms with van der Waals surface area (Å²) in [6.07, 6.45) is 5.71. The molecule has 1 aromatic rings. The van der Waals surface area contributed by atoms with Crippen molar-refractivity contribution in [3.63, 3.8) is 0 Å². The number of hydrogen-bond donors (Lipinski definition) is 1. The minimum Gasteiger partial charge on any atom is -0.355 e. The molecule has 1 saturated heterocycles. The third-order valence-electron chi connectivity index (χ3n) is 4.50. The molecule has 1 fully saturated rings. The van der Waals surface area contributed by atoms with Crippen molar-refractivity contribution >= 4 is 16.0 Å². The van der Waals surface area contributed by atoms with Gasteiger partial charge in [-0.1, -0.05) is 13.8 Å². The SMILES string of the molecule is CCNc1ncc(S(=O)(=O)N2CCC(CC)(CC)C2)cn1. The van der Waals surface area contributed by atoms with E-state index in [1.807, 2.05) is 6.92 Å². The molecule has 1 aromatic heterocycles. The highest BCUT2D eigenvalue weighted by Gasteiger charge is 2.40. The van der Waals surface area contributed by atoms with Crippen LogP contribution in [0.15, 0.2) is 17.3 Å². The smallest absolute Gasteiger partial charge is 0.246 e. The molecule has 0 radical (unpaired) electrons. The molecule has 7 heteroatoms. The zero-order valence-corrected chi connectivity index (χ0v) is 13.8. The third-order valence-corrected chi connectivity index (χ3v) is 6.30. The molecule has 0 spiro atoms. The maximum Gasteiger partial charge on any atom is 0.246 e. The first-order valence-electron chi connectivity index (χ1n) is 7.53. The van der Waals surface area contributed by atoms with Crippen LogP contribution in [0, 0.1) is 5.41 Å². The molecule has 6 nitrogen and oxygen atoms in total. The number of aromatic nitrogens is 2. The Labute approximate surface area is 127 Å². The highest BCUT2D eigenvalue weighted by Crippen LogP contribution is 2.39. The van der Waals surface area contributed by atoms with Gasteiger partial charge in [0.1, 0.15) is 4.90 Å². The second-order valence-corrected chi connectivity index (χ2v) is 7.51. The van der Waals surface area contributed by atoms with E-state index < -0.39 is 10.0 Å². The van der Waals surface area contributed by atoms with Gasteiger partial charge >= 0.3 is 0 Å². The van der Waals surface area contributed by atoms with Crippen LogP contribution in [0.1, 0.15) is 40.0 Å². The minimum absolute atomic E-state index is 0.123. The van der Waals surface area contributed by atoms with Gasteiger partial charge in [0.15, 0.2) is 0 Å². The van der Waals surface area contributed by atoms with E-state index in [4.69, 9.17) is 0 Å². The van der Waals surface area contributed by atoms with Gasteiger partial charge in [0.25, 0.3) is 0 Å². The van der Waals surface area contributed by atoms with Crippen LogP contribution in [0.2, 0.25) is 0 Å². The summed E-state index contributed by atoms with van der Waals surface area (Å²) in [6.45, 7) is 8.08. The van der Waals surface area contributed by atoms with E-state index >= 15 is 0 Å². The first-order valence-corrected chi connectivity index (χ1v) is 8.97. The van der Waals surface area contributed by atoms with Crippen molar-refractivity contribution in [1.29, 1.82) is 0 Å². The highest BCUT2D eigenvalue weighted by atomic mass is 32.2. The molecular formula is C14H24N4O2S. The number of hydrogen-bond acceptors (Lipinski definition) is 5. The zero-order valence-electron chi connectivity index (χ0n) is 13.0. The van der Waals surface area contributed by atoms with Crippen molar-refractivity contribution in [2.75, 3.05) is 25.0 Å². The van der Waals surface area contributed by atoms with Gasteiger partial charge in [-0.3, -0.25) is 0 Å². The fourth-order valence-corrected chi connectivity index (χ4v) is 4.22. The predicted molar refractivity (Wildman–Crippen MR) is 82.6 cm³/mol. The molecule has 1 aliphatic rings. The molecule has 0 aliphatic carbocycles. The highest BCUT2D eigenvalue weighted by molar-refractivity contribution is 7.89. The van der Waals surface area contributed by atoms with E-state index in [1.54, 1.807) is 4.31 Å². The van der Waals surface area contributed by atoms with Gasteiger partial charge in [-0.25, -0.2) is 18.4 Å². The summed E-state index contributed by atoms with van der Waals surface area (Å²) in [5, 5.41) is 2.96. The lowest BCUT2D eigenvalue weighted by Gasteiger charge is -2.26. The van der Waals surface area contributed by atoms with Crippen LogP contribution in [-0.4, -0.2) is 42.3 Å². The van der Waals surface area contributed by atoms with Crippen LogP contribution in [0.25, 0.3) is 0 Å². The normalized spacial score (nSPS) is 18.8. The van der Waals surface area contributed by atoms with Crippen LogP contribution in [0.4, 0.5) is 5.95 Å². The van der Waals surface area contributed by atoms with Crippen molar-refractivity contribution in [2.24, 2.45) is 5.41 Å². The van der Waals surface area contributed by atoms with Crippen LogP contribution >= 0.6 is 0 Å². The number of nitrogens with one attached hydrogen (secondary N) is 1. The van der Waals surface area contributed by atoms with Crippen LogP contribution in [0.5, 0.6) is 0 Å². The van der Waals surface area contributed by atoms with E-state index in [9.17, 15) is 8.42 Å². The van der Waals surface area contributed by atoms with Crippen molar-refractivity contribution in [3.05, 3.63) is 12.4 Å². The summed E-state index contributed by atoms with van der Waals surface area (Å²) in [7, 11) is -3.48. The van der Waals surface area contributed by atoms with Crippen molar-refractivity contribution in [1.82, 2.24) is 14.3 Å². The maximum atomic E-state index is 12.6. The molecule has 21 heavy (non-hydrogen) atoms. The Bertz CT molecular complexity index is 567. The molecule has 2 rings (SSSR count). The largest absolute Gasteiger partial charge is 0.355 e. The quantitative estimate of drug-likeness (QED) is 0.870. The summed E-state index contributed by atoms with van der Waals surface area (Å²) in [5.41, 5.74) is 0.123. The molecule has 1 aliphatic heterocycles. The Balaban J connectivity index is 2.19. The lowest BCUT2D eigenvalue weighted by molar-refractivity contribution is 0.279. The molecule has 0 unspecified atom stereocenters.